The number of nitrogens with zero attached hydrogens (tertiary/aromatic N) is 2. The molecule has 1 N–H and O–H groups in total. The van der Waals surface area contributed by atoms with Gasteiger partial charge in [0.05, 0.1) is 17.7 Å². The third kappa shape index (κ3) is 3.28. The van der Waals surface area contributed by atoms with Gasteiger partial charge in [0.2, 0.25) is 0 Å². The van der Waals surface area contributed by atoms with E-state index in [1.807, 2.05) is 6.07 Å². The van der Waals surface area contributed by atoms with Gasteiger partial charge in [0.1, 0.15) is 5.82 Å². The third-order valence-electron chi connectivity index (χ3n) is 4.26. The molecule has 0 unspecified atom stereocenters. The molecule has 3 rings (SSSR count). The second kappa shape index (κ2) is 6.63. The van der Waals surface area contributed by atoms with Crippen molar-refractivity contribution in [3.8, 4) is 6.07 Å². The average Bonchev–Trinajstić information content (AvgIpc) is 2.92. The largest absolute Gasteiger partial charge is 0.392 e. The minimum atomic E-state index is -0.952. The molecule has 2 atom stereocenters. The molecule has 1 aliphatic heterocycles. The first-order valence-corrected chi connectivity index (χ1v) is 7.53. The molecule has 0 saturated carbocycles. The lowest BCUT2D eigenvalue weighted by atomic mass is 10.0. The van der Waals surface area contributed by atoms with Gasteiger partial charge in [-0.2, -0.15) is 5.26 Å². The average molecular weight is 332 g/mol. The summed E-state index contributed by atoms with van der Waals surface area (Å²) < 4.78 is 40.6. The Kier molecular flexibility index (Phi) is 4.56. The maximum atomic E-state index is 14.0. The van der Waals surface area contributed by atoms with Crippen LogP contribution in [0.1, 0.15) is 29.2 Å². The number of hydrogen-bond acceptors (Lipinski definition) is 3. The number of likely N-dealkylation sites (tertiary alicyclic amines) is 1. The fraction of sp³-hybridized carbons (Fsp3) is 0.278. The van der Waals surface area contributed by atoms with Gasteiger partial charge in [-0.15, -0.1) is 0 Å². The lowest BCUT2D eigenvalue weighted by Crippen LogP contribution is -2.25. The van der Waals surface area contributed by atoms with Crippen molar-refractivity contribution in [3.05, 3.63) is 70.5 Å². The molecule has 6 heteroatoms. The van der Waals surface area contributed by atoms with E-state index >= 15 is 0 Å². The maximum Gasteiger partial charge on any atom is 0.159 e. The number of aliphatic hydroxyl groups is 1. The number of rotatable bonds is 3. The summed E-state index contributed by atoms with van der Waals surface area (Å²) in [6.45, 7) is 0.460. The van der Waals surface area contributed by atoms with E-state index < -0.39 is 23.6 Å². The Labute approximate surface area is 137 Å². The number of hydrogen-bond donors (Lipinski definition) is 1. The van der Waals surface area contributed by atoms with Crippen molar-refractivity contribution < 1.29 is 18.3 Å². The first-order chi connectivity index (χ1) is 11.5. The van der Waals surface area contributed by atoms with Crippen LogP contribution < -0.4 is 0 Å². The molecular weight excluding hydrogens is 317 g/mol. The number of nitriles is 1. The van der Waals surface area contributed by atoms with E-state index in [2.05, 4.69) is 0 Å². The quantitative estimate of drug-likeness (QED) is 0.938. The lowest BCUT2D eigenvalue weighted by molar-refractivity contribution is 0.172. The summed E-state index contributed by atoms with van der Waals surface area (Å²) in [5, 5.41) is 18.9. The smallest absolute Gasteiger partial charge is 0.159 e. The van der Waals surface area contributed by atoms with Crippen molar-refractivity contribution in [2.45, 2.75) is 25.1 Å². The van der Waals surface area contributed by atoms with Gasteiger partial charge >= 0.3 is 0 Å². The SMILES string of the molecule is N#Cc1ccc(F)c(CN2C[C@@H](O)C[C@H]2c2ccc(F)c(F)c2)c1. The maximum absolute atomic E-state index is 14.0. The summed E-state index contributed by atoms with van der Waals surface area (Å²) >= 11 is 0. The van der Waals surface area contributed by atoms with Crippen molar-refractivity contribution in [3.63, 3.8) is 0 Å². The molecule has 24 heavy (non-hydrogen) atoms. The highest BCUT2D eigenvalue weighted by Crippen LogP contribution is 2.34. The molecule has 1 aliphatic rings. The van der Waals surface area contributed by atoms with E-state index in [1.165, 1.54) is 24.3 Å². The molecule has 0 aromatic heterocycles. The van der Waals surface area contributed by atoms with Crippen molar-refractivity contribution in [1.82, 2.24) is 4.90 Å². The number of benzene rings is 2. The van der Waals surface area contributed by atoms with Crippen LogP contribution in [-0.2, 0) is 6.54 Å². The van der Waals surface area contributed by atoms with Crippen LogP contribution in [0.2, 0.25) is 0 Å². The van der Waals surface area contributed by atoms with E-state index in [-0.39, 0.29) is 12.6 Å². The molecule has 0 bridgehead atoms. The highest BCUT2D eigenvalue weighted by atomic mass is 19.2. The molecule has 124 valence electrons. The predicted octanol–water partition coefficient (Wildman–Crippen LogP) is 3.28. The van der Waals surface area contributed by atoms with Gasteiger partial charge in [-0.25, -0.2) is 13.2 Å². The normalized spacial score (nSPS) is 21.0. The van der Waals surface area contributed by atoms with Gasteiger partial charge in [0.25, 0.3) is 0 Å². The van der Waals surface area contributed by atoms with E-state index in [4.69, 9.17) is 5.26 Å². The zero-order valence-electron chi connectivity index (χ0n) is 12.7. The monoisotopic (exact) mass is 332 g/mol. The molecule has 0 amide bonds. The van der Waals surface area contributed by atoms with Crippen LogP contribution in [0.5, 0.6) is 0 Å². The van der Waals surface area contributed by atoms with Gasteiger partial charge in [0.15, 0.2) is 11.6 Å². The van der Waals surface area contributed by atoms with Gasteiger partial charge in [-0.1, -0.05) is 6.07 Å². The zero-order valence-corrected chi connectivity index (χ0v) is 12.7. The van der Waals surface area contributed by atoms with E-state index in [0.29, 0.717) is 29.7 Å². The second-order valence-corrected chi connectivity index (χ2v) is 5.93. The molecule has 1 heterocycles. The van der Waals surface area contributed by atoms with Gasteiger partial charge in [-0.05, 0) is 42.3 Å². The molecule has 2 aromatic rings. The third-order valence-corrected chi connectivity index (χ3v) is 4.26. The minimum absolute atomic E-state index is 0.169. The fourth-order valence-corrected chi connectivity index (χ4v) is 3.10. The number of β-amino-alcohol motifs (C(OH)–C–C–N with tert-alkyl or cyclic N) is 1. The van der Waals surface area contributed by atoms with Gasteiger partial charge < -0.3 is 5.11 Å². The second-order valence-electron chi connectivity index (χ2n) is 5.93. The zero-order chi connectivity index (χ0) is 17.3. The Morgan fingerprint density at radius 1 is 1.08 bits per heavy atom. The van der Waals surface area contributed by atoms with Crippen LogP contribution in [0.4, 0.5) is 13.2 Å². The predicted molar refractivity (Wildman–Crippen MR) is 81.2 cm³/mol. The molecule has 3 nitrogen and oxygen atoms in total. The Morgan fingerprint density at radius 2 is 1.83 bits per heavy atom. The van der Waals surface area contributed by atoms with E-state index in [9.17, 15) is 18.3 Å². The highest BCUT2D eigenvalue weighted by Gasteiger charge is 2.32. The Morgan fingerprint density at radius 3 is 2.54 bits per heavy atom. The summed E-state index contributed by atoms with van der Waals surface area (Å²) in [7, 11) is 0. The van der Waals surface area contributed by atoms with Crippen LogP contribution >= 0.6 is 0 Å². The number of aliphatic hydroxyl groups excluding tert-OH is 1. The lowest BCUT2D eigenvalue weighted by Gasteiger charge is -2.25. The van der Waals surface area contributed by atoms with Crippen LogP contribution in [0.25, 0.3) is 0 Å². The highest BCUT2D eigenvalue weighted by molar-refractivity contribution is 5.34. The van der Waals surface area contributed by atoms with Crippen molar-refractivity contribution in [2.75, 3.05) is 6.54 Å². The fourth-order valence-electron chi connectivity index (χ4n) is 3.10. The van der Waals surface area contributed by atoms with Crippen molar-refractivity contribution in [2.24, 2.45) is 0 Å². The summed E-state index contributed by atoms with van der Waals surface area (Å²) in [5.74, 6) is -2.33. The molecular formula is C18H15F3N2O. The van der Waals surface area contributed by atoms with Crippen LogP contribution in [0, 0.1) is 28.8 Å². The minimum Gasteiger partial charge on any atom is -0.392 e. The standard InChI is InChI=1S/C18H15F3N2O/c19-15-3-1-11(8-22)5-13(15)9-23-10-14(24)7-18(23)12-2-4-16(20)17(21)6-12/h1-6,14,18,24H,7,9-10H2/t14-,18-/m0/s1. The molecule has 0 spiro atoms. The summed E-state index contributed by atoms with van der Waals surface area (Å²) in [6.07, 6.45) is -0.282. The first kappa shape index (κ1) is 16.5. The molecule has 2 aromatic carbocycles. The van der Waals surface area contributed by atoms with Gasteiger partial charge in [-0.3, -0.25) is 4.90 Å². The van der Waals surface area contributed by atoms with Crippen molar-refractivity contribution >= 4 is 0 Å². The Bertz CT molecular complexity index is 803. The molecule has 0 aliphatic carbocycles. The summed E-state index contributed by atoms with van der Waals surface area (Å²) in [5.41, 5.74) is 1.20. The summed E-state index contributed by atoms with van der Waals surface area (Å²) in [6, 6.07) is 9.31. The Balaban J connectivity index is 1.88. The first-order valence-electron chi connectivity index (χ1n) is 7.53. The number of halogens is 3. The summed E-state index contributed by atoms with van der Waals surface area (Å²) in [4.78, 5) is 1.80. The molecule has 0 radical (unpaired) electrons. The molecule has 1 saturated heterocycles. The van der Waals surface area contributed by atoms with Crippen molar-refractivity contribution in [1.29, 1.82) is 5.26 Å². The molecule has 1 fully saturated rings. The topological polar surface area (TPSA) is 47.3 Å². The van der Waals surface area contributed by atoms with Gasteiger partial charge in [0, 0.05) is 24.7 Å². The van der Waals surface area contributed by atoms with Crippen LogP contribution in [-0.4, -0.2) is 22.7 Å². The van der Waals surface area contributed by atoms with E-state index in [1.54, 1.807) is 4.90 Å². The van der Waals surface area contributed by atoms with Crippen LogP contribution in [0.15, 0.2) is 36.4 Å². The Hall–Kier alpha value is -2.36. The van der Waals surface area contributed by atoms with Crippen LogP contribution in [0.3, 0.4) is 0 Å². The van der Waals surface area contributed by atoms with E-state index in [0.717, 1.165) is 12.1 Å².